The van der Waals surface area contributed by atoms with Gasteiger partial charge in [-0.15, -0.1) is 11.3 Å². The molecule has 0 spiro atoms. The maximum atomic E-state index is 12.9. The zero-order chi connectivity index (χ0) is 18.7. The van der Waals surface area contributed by atoms with E-state index in [0.717, 1.165) is 10.4 Å². The molecule has 1 aliphatic heterocycles. The highest BCUT2D eigenvalue weighted by atomic mass is 32.1. The highest BCUT2D eigenvalue weighted by molar-refractivity contribution is 7.16. The molecule has 0 atom stereocenters. The van der Waals surface area contributed by atoms with Crippen molar-refractivity contribution in [3.63, 3.8) is 0 Å². The maximum Gasteiger partial charge on any atom is 0.262 e. The van der Waals surface area contributed by atoms with E-state index in [-0.39, 0.29) is 18.3 Å². The Bertz CT molecular complexity index is 886. The van der Waals surface area contributed by atoms with E-state index in [1.807, 2.05) is 0 Å². The number of thiophene rings is 1. The number of nitrogens with zero attached hydrogens (tertiary/aromatic N) is 2. The van der Waals surface area contributed by atoms with Gasteiger partial charge in [-0.1, -0.05) is 0 Å². The van der Waals surface area contributed by atoms with Gasteiger partial charge in [-0.3, -0.25) is 9.59 Å². The molecule has 0 bridgehead atoms. The third-order valence-corrected chi connectivity index (χ3v) is 5.18. The molecular weight excluding hydrogens is 357 g/mol. The molecule has 8 heteroatoms. The maximum absolute atomic E-state index is 12.9. The molecule has 1 N–H and O–H groups in total. The number of anilines is 1. The number of benzene rings is 1. The quantitative estimate of drug-likeness (QED) is 0.893. The summed E-state index contributed by atoms with van der Waals surface area (Å²) in [5.74, 6) is -0.428. The molecule has 26 heavy (non-hydrogen) atoms. The summed E-state index contributed by atoms with van der Waals surface area (Å²) in [4.78, 5) is 26.3. The van der Waals surface area contributed by atoms with Crippen molar-refractivity contribution < 1.29 is 18.7 Å². The minimum absolute atomic E-state index is 0.0131. The minimum atomic E-state index is -0.409. The number of amides is 2. The second kappa shape index (κ2) is 7.54. The summed E-state index contributed by atoms with van der Waals surface area (Å²) in [6, 6.07) is 7.50. The number of hydrogen-bond acceptors (Lipinski definition) is 5. The topological polar surface area (TPSA) is 82.4 Å². The zero-order valence-electron chi connectivity index (χ0n) is 14.0. The molecule has 0 fully saturated rings. The summed E-state index contributed by atoms with van der Waals surface area (Å²) in [5, 5.41) is 12.6. The first-order valence-electron chi connectivity index (χ1n) is 7.96. The molecule has 2 heterocycles. The van der Waals surface area contributed by atoms with Gasteiger partial charge in [0.05, 0.1) is 12.1 Å². The zero-order valence-corrected chi connectivity index (χ0v) is 14.9. The van der Waals surface area contributed by atoms with Crippen LogP contribution in [0.2, 0.25) is 0 Å². The number of nitriles is 1. The van der Waals surface area contributed by atoms with E-state index in [4.69, 9.17) is 4.74 Å². The van der Waals surface area contributed by atoms with Gasteiger partial charge in [-0.25, -0.2) is 4.39 Å². The number of halogens is 1. The Morgan fingerprint density at radius 3 is 2.77 bits per heavy atom. The van der Waals surface area contributed by atoms with Crippen molar-refractivity contribution in [1.82, 2.24) is 4.90 Å². The van der Waals surface area contributed by atoms with Crippen molar-refractivity contribution in [3.05, 3.63) is 46.1 Å². The fourth-order valence-corrected chi connectivity index (χ4v) is 3.95. The molecule has 0 saturated carbocycles. The third kappa shape index (κ3) is 3.83. The minimum Gasteiger partial charge on any atom is -0.484 e. The van der Waals surface area contributed by atoms with Gasteiger partial charge in [0.1, 0.15) is 22.6 Å². The van der Waals surface area contributed by atoms with E-state index < -0.39 is 5.91 Å². The first-order chi connectivity index (χ1) is 12.5. The summed E-state index contributed by atoms with van der Waals surface area (Å²) in [5.41, 5.74) is 1.34. The molecule has 0 saturated heterocycles. The van der Waals surface area contributed by atoms with E-state index >= 15 is 0 Å². The first-order valence-corrected chi connectivity index (χ1v) is 8.78. The van der Waals surface area contributed by atoms with Gasteiger partial charge in [0, 0.05) is 18.3 Å². The molecule has 1 aromatic carbocycles. The van der Waals surface area contributed by atoms with Crippen LogP contribution in [0.4, 0.5) is 9.39 Å². The van der Waals surface area contributed by atoms with Crippen LogP contribution in [0.1, 0.15) is 22.9 Å². The summed E-state index contributed by atoms with van der Waals surface area (Å²) in [6.07, 6.45) is 0.594. The first kappa shape index (κ1) is 17.9. The summed E-state index contributed by atoms with van der Waals surface area (Å²) in [7, 11) is 0. The van der Waals surface area contributed by atoms with Gasteiger partial charge in [0.25, 0.3) is 5.91 Å². The number of carbonyl (C=O) groups excluding carboxylic acids is 2. The van der Waals surface area contributed by atoms with E-state index in [1.54, 1.807) is 4.90 Å². The predicted molar refractivity (Wildman–Crippen MR) is 94.4 cm³/mol. The molecule has 3 rings (SSSR count). The second-order valence-corrected chi connectivity index (χ2v) is 6.91. The lowest BCUT2D eigenvalue weighted by molar-refractivity contribution is -0.129. The fourth-order valence-electron chi connectivity index (χ4n) is 2.72. The molecule has 0 radical (unpaired) electrons. The molecular formula is C18H16FN3O3S. The molecule has 0 unspecified atom stereocenters. The Morgan fingerprint density at radius 2 is 2.12 bits per heavy atom. The predicted octanol–water partition coefficient (Wildman–Crippen LogP) is 2.68. The van der Waals surface area contributed by atoms with Crippen molar-refractivity contribution in [2.45, 2.75) is 19.9 Å². The van der Waals surface area contributed by atoms with Crippen molar-refractivity contribution in [3.8, 4) is 11.8 Å². The Kier molecular flexibility index (Phi) is 5.19. The van der Waals surface area contributed by atoms with Crippen LogP contribution in [0.3, 0.4) is 0 Å². The number of hydrogen-bond donors (Lipinski definition) is 1. The van der Waals surface area contributed by atoms with Gasteiger partial charge in [-0.05, 0) is 36.2 Å². The van der Waals surface area contributed by atoms with Crippen LogP contribution in [0.25, 0.3) is 0 Å². The SMILES string of the molecule is CC(=O)N1CCc2c(sc(NC(=O)COc3ccc(F)cc3)c2C#N)C1. The van der Waals surface area contributed by atoms with E-state index in [0.29, 0.717) is 35.8 Å². The number of fused-ring (bicyclic) bond motifs is 1. The van der Waals surface area contributed by atoms with Crippen molar-refractivity contribution in [2.24, 2.45) is 0 Å². The summed E-state index contributed by atoms with van der Waals surface area (Å²) >= 11 is 1.31. The number of carbonyl (C=O) groups is 2. The Labute approximate surface area is 153 Å². The van der Waals surface area contributed by atoms with Gasteiger partial charge in [0.2, 0.25) is 5.91 Å². The normalized spacial score (nSPS) is 12.9. The van der Waals surface area contributed by atoms with Crippen LogP contribution in [0, 0.1) is 17.1 Å². The average Bonchev–Trinajstić information content (AvgIpc) is 2.97. The highest BCUT2D eigenvalue weighted by Gasteiger charge is 2.26. The molecule has 1 aromatic heterocycles. The van der Waals surface area contributed by atoms with Crippen LogP contribution in [0.5, 0.6) is 5.75 Å². The number of ether oxygens (including phenoxy) is 1. The van der Waals surface area contributed by atoms with E-state index in [9.17, 15) is 19.2 Å². The van der Waals surface area contributed by atoms with Crippen molar-refractivity contribution >= 4 is 28.2 Å². The fraction of sp³-hybridized carbons (Fsp3) is 0.278. The lowest BCUT2D eigenvalue weighted by Crippen LogP contribution is -2.33. The van der Waals surface area contributed by atoms with Gasteiger partial charge in [-0.2, -0.15) is 5.26 Å². The monoisotopic (exact) mass is 373 g/mol. The van der Waals surface area contributed by atoms with Crippen molar-refractivity contribution in [2.75, 3.05) is 18.5 Å². The smallest absolute Gasteiger partial charge is 0.262 e. The molecule has 134 valence electrons. The summed E-state index contributed by atoms with van der Waals surface area (Å²) < 4.78 is 18.2. The van der Waals surface area contributed by atoms with E-state index in [1.165, 1.54) is 42.5 Å². The Hall–Kier alpha value is -2.92. The van der Waals surface area contributed by atoms with Crippen LogP contribution in [-0.2, 0) is 22.6 Å². The largest absolute Gasteiger partial charge is 0.484 e. The van der Waals surface area contributed by atoms with Gasteiger partial charge < -0.3 is 15.0 Å². The molecule has 0 aliphatic carbocycles. The molecule has 6 nitrogen and oxygen atoms in total. The Morgan fingerprint density at radius 1 is 1.38 bits per heavy atom. The van der Waals surface area contributed by atoms with Gasteiger partial charge in [0.15, 0.2) is 6.61 Å². The number of nitrogens with one attached hydrogen (secondary N) is 1. The average molecular weight is 373 g/mol. The lowest BCUT2D eigenvalue weighted by atomic mass is 10.0. The second-order valence-electron chi connectivity index (χ2n) is 5.80. The molecule has 2 amide bonds. The Balaban J connectivity index is 1.68. The highest BCUT2D eigenvalue weighted by Crippen LogP contribution is 2.36. The summed E-state index contributed by atoms with van der Waals surface area (Å²) in [6.45, 7) is 2.28. The molecule has 2 aromatic rings. The van der Waals surface area contributed by atoms with E-state index in [2.05, 4.69) is 11.4 Å². The standard InChI is InChI=1S/C18H16FN3O3S/c1-11(23)22-7-6-14-15(8-20)18(26-16(14)9-22)21-17(24)10-25-13-4-2-12(19)3-5-13/h2-5H,6-7,9-10H2,1H3,(H,21,24). The van der Waals surface area contributed by atoms with Crippen LogP contribution >= 0.6 is 11.3 Å². The van der Waals surface area contributed by atoms with Crippen molar-refractivity contribution in [1.29, 1.82) is 5.26 Å². The number of rotatable bonds is 4. The molecule has 1 aliphatic rings. The van der Waals surface area contributed by atoms with Gasteiger partial charge >= 0.3 is 0 Å². The van der Waals surface area contributed by atoms with Crippen LogP contribution in [-0.4, -0.2) is 29.9 Å². The third-order valence-electron chi connectivity index (χ3n) is 4.05. The van der Waals surface area contributed by atoms with Crippen LogP contribution < -0.4 is 10.1 Å². The lowest BCUT2D eigenvalue weighted by Gasteiger charge is -2.25. The van der Waals surface area contributed by atoms with Crippen LogP contribution in [0.15, 0.2) is 24.3 Å².